The fourth-order valence-corrected chi connectivity index (χ4v) is 1.60. The van der Waals surface area contributed by atoms with Gasteiger partial charge in [-0.3, -0.25) is 0 Å². The number of esters is 1. The molecule has 1 rings (SSSR count). The van der Waals surface area contributed by atoms with E-state index in [4.69, 9.17) is 4.74 Å². The van der Waals surface area contributed by atoms with Crippen LogP contribution in [0.15, 0.2) is 11.6 Å². The van der Waals surface area contributed by atoms with Gasteiger partial charge in [-0.15, -0.1) is 0 Å². The van der Waals surface area contributed by atoms with Gasteiger partial charge >= 0.3 is 5.97 Å². The maximum atomic E-state index is 11.2. The molecule has 3 heteroatoms. The Morgan fingerprint density at radius 3 is 2.92 bits per heavy atom. The van der Waals surface area contributed by atoms with Crippen LogP contribution in [-0.2, 0) is 14.3 Å². The van der Waals surface area contributed by atoms with Gasteiger partial charge in [-0.2, -0.15) is 0 Å². The lowest BCUT2D eigenvalue weighted by atomic mass is 10.1. The largest absolute Gasteiger partial charge is 0.466 e. The van der Waals surface area contributed by atoms with Crippen LogP contribution in [0.4, 0.5) is 0 Å². The third-order valence-corrected chi connectivity index (χ3v) is 2.30. The summed E-state index contributed by atoms with van der Waals surface area (Å²) in [6, 6.07) is 0. The Hall–Kier alpha value is -0.830. The smallest absolute Gasteiger partial charge is 0.333 e. The first-order valence-electron chi connectivity index (χ1n) is 4.59. The molecule has 0 aromatic rings. The molecule has 0 amide bonds. The summed E-state index contributed by atoms with van der Waals surface area (Å²) in [7, 11) is 1.40. The predicted octanol–water partition coefficient (Wildman–Crippen LogP) is 1.53. The van der Waals surface area contributed by atoms with Crippen LogP contribution in [0.25, 0.3) is 0 Å². The first kappa shape index (κ1) is 10.3. The quantitative estimate of drug-likeness (QED) is 0.624. The van der Waals surface area contributed by atoms with Crippen molar-refractivity contribution in [1.29, 1.82) is 0 Å². The van der Waals surface area contributed by atoms with E-state index in [1.54, 1.807) is 0 Å². The monoisotopic (exact) mass is 184 g/mol. The van der Waals surface area contributed by atoms with Gasteiger partial charge in [-0.25, -0.2) is 4.79 Å². The zero-order valence-corrected chi connectivity index (χ0v) is 8.37. The molecule has 13 heavy (non-hydrogen) atoms. The number of rotatable bonds is 3. The van der Waals surface area contributed by atoms with Crippen molar-refractivity contribution in [1.82, 2.24) is 0 Å². The van der Waals surface area contributed by atoms with Crippen molar-refractivity contribution < 1.29 is 14.3 Å². The number of carbonyl (C=O) groups excluding carboxylic acids is 1. The second-order valence-electron chi connectivity index (χ2n) is 3.24. The topological polar surface area (TPSA) is 35.5 Å². The Morgan fingerprint density at radius 2 is 2.38 bits per heavy atom. The standard InChI is InChI=1S/C10H16O3/c1-4-13-9-6-8(5-7(9)2)10(11)12-3/h5,7,9H,4,6H2,1-3H3/t7-,9-/m0/s1. The minimum Gasteiger partial charge on any atom is -0.466 e. The number of hydrogen-bond acceptors (Lipinski definition) is 3. The first-order valence-corrected chi connectivity index (χ1v) is 4.59. The van der Waals surface area contributed by atoms with Crippen LogP contribution in [0, 0.1) is 5.92 Å². The summed E-state index contributed by atoms with van der Waals surface area (Å²) in [5, 5.41) is 0. The molecule has 0 N–H and O–H groups in total. The van der Waals surface area contributed by atoms with Crippen molar-refractivity contribution >= 4 is 5.97 Å². The Labute approximate surface area is 78.7 Å². The van der Waals surface area contributed by atoms with Crippen LogP contribution in [0.2, 0.25) is 0 Å². The van der Waals surface area contributed by atoms with Crippen LogP contribution in [-0.4, -0.2) is 25.8 Å². The van der Waals surface area contributed by atoms with Crippen molar-refractivity contribution in [2.24, 2.45) is 5.92 Å². The fourth-order valence-electron chi connectivity index (χ4n) is 1.60. The Balaban J connectivity index is 2.54. The summed E-state index contributed by atoms with van der Waals surface area (Å²) in [5.41, 5.74) is 0.744. The minimum atomic E-state index is -0.228. The molecule has 0 saturated carbocycles. The maximum absolute atomic E-state index is 11.2. The third-order valence-electron chi connectivity index (χ3n) is 2.30. The van der Waals surface area contributed by atoms with Gasteiger partial charge in [0.25, 0.3) is 0 Å². The molecule has 1 aliphatic carbocycles. The van der Waals surface area contributed by atoms with E-state index in [-0.39, 0.29) is 12.1 Å². The molecule has 0 spiro atoms. The third kappa shape index (κ3) is 2.31. The maximum Gasteiger partial charge on any atom is 0.333 e. The van der Waals surface area contributed by atoms with Crippen LogP contribution in [0.1, 0.15) is 20.3 Å². The van der Waals surface area contributed by atoms with Crippen LogP contribution >= 0.6 is 0 Å². The molecule has 0 radical (unpaired) electrons. The normalized spacial score (nSPS) is 27.2. The van der Waals surface area contributed by atoms with Crippen molar-refractivity contribution in [2.75, 3.05) is 13.7 Å². The summed E-state index contributed by atoms with van der Waals surface area (Å²) in [6.45, 7) is 4.70. The second kappa shape index (κ2) is 4.42. The molecule has 74 valence electrons. The average Bonchev–Trinajstić information content (AvgIpc) is 2.47. The van der Waals surface area contributed by atoms with E-state index < -0.39 is 0 Å². The van der Waals surface area contributed by atoms with E-state index in [9.17, 15) is 4.79 Å². The van der Waals surface area contributed by atoms with Gasteiger partial charge in [0, 0.05) is 24.5 Å². The number of methoxy groups -OCH3 is 1. The molecule has 1 aliphatic rings. The van der Waals surface area contributed by atoms with Gasteiger partial charge in [0.05, 0.1) is 13.2 Å². The van der Waals surface area contributed by atoms with Gasteiger partial charge in [0.2, 0.25) is 0 Å². The van der Waals surface area contributed by atoms with Crippen molar-refractivity contribution in [2.45, 2.75) is 26.4 Å². The average molecular weight is 184 g/mol. The lowest BCUT2D eigenvalue weighted by Gasteiger charge is -2.14. The molecule has 0 bridgehead atoms. The van der Waals surface area contributed by atoms with Gasteiger partial charge < -0.3 is 9.47 Å². The van der Waals surface area contributed by atoms with Crippen molar-refractivity contribution in [3.63, 3.8) is 0 Å². The SMILES string of the molecule is CCO[C@H]1CC(C(=O)OC)=C[C@@H]1C. The summed E-state index contributed by atoms with van der Waals surface area (Å²) < 4.78 is 10.1. The molecule has 0 aromatic heterocycles. The number of ether oxygens (including phenoxy) is 2. The highest BCUT2D eigenvalue weighted by molar-refractivity contribution is 5.89. The number of carbonyl (C=O) groups is 1. The van der Waals surface area contributed by atoms with Crippen molar-refractivity contribution in [3.8, 4) is 0 Å². The van der Waals surface area contributed by atoms with Gasteiger partial charge in [0.15, 0.2) is 0 Å². The molecule has 0 aliphatic heterocycles. The van der Waals surface area contributed by atoms with Crippen LogP contribution in [0.3, 0.4) is 0 Å². The fraction of sp³-hybridized carbons (Fsp3) is 0.700. The summed E-state index contributed by atoms with van der Waals surface area (Å²) >= 11 is 0. The molecule has 2 atom stereocenters. The van der Waals surface area contributed by atoms with Gasteiger partial charge in [0.1, 0.15) is 0 Å². The Morgan fingerprint density at radius 1 is 1.69 bits per heavy atom. The highest BCUT2D eigenvalue weighted by Gasteiger charge is 2.28. The summed E-state index contributed by atoms with van der Waals surface area (Å²) in [5.74, 6) is 0.0862. The van der Waals surface area contributed by atoms with Crippen LogP contribution in [0.5, 0.6) is 0 Å². The zero-order valence-electron chi connectivity index (χ0n) is 8.37. The van der Waals surface area contributed by atoms with E-state index in [1.165, 1.54) is 7.11 Å². The van der Waals surface area contributed by atoms with E-state index in [0.717, 1.165) is 5.57 Å². The Kier molecular flexibility index (Phi) is 3.48. The molecule has 0 fully saturated rings. The lowest BCUT2D eigenvalue weighted by Crippen LogP contribution is -2.16. The van der Waals surface area contributed by atoms with Gasteiger partial charge in [-0.05, 0) is 6.92 Å². The predicted molar refractivity (Wildman–Crippen MR) is 49.3 cm³/mol. The number of hydrogen-bond donors (Lipinski definition) is 0. The minimum absolute atomic E-state index is 0.152. The Bertz CT molecular complexity index is 220. The van der Waals surface area contributed by atoms with Gasteiger partial charge in [-0.1, -0.05) is 13.0 Å². The first-order chi connectivity index (χ1) is 6.19. The molecule has 0 unspecified atom stereocenters. The molecule has 0 saturated heterocycles. The van der Waals surface area contributed by atoms with E-state index in [2.05, 4.69) is 11.7 Å². The highest BCUT2D eigenvalue weighted by atomic mass is 16.5. The van der Waals surface area contributed by atoms with Crippen LogP contribution < -0.4 is 0 Å². The summed E-state index contributed by atoms with van der Waals surface area (Å²) in [4.78, 5) is 11.2. The molecular weight excluding hydrogens is 168 g/mol. The molecular formula is C10H16O3. The molecule has 3 nitrogen and oxygen atoms in total. The zero-order chi connectivity index (χ0) is 9.84. The van der Waals surface area contributed by atoms with E-state index in [0.29, 0.717) is 18.9 Å². The van der Waals surface area contributed by atoms with E-state index in [1.807, 2.05) is 13.0 Å². The molecule has 0 aromatic carbocycles. The lowest BCUT2D eigenvalue weighted by molar-refractivity contribution is -0.136. The molecule has 0 heterocycles. The highest BCUT2D eigenvalue weighted by Crippen LogP contribution is 2.27. The summed E-state index contributed by atoms with van der Waals surface area (Å²) in [6.07, 6.45) is 2.77. The second-order valence-corrected chi connectivity index (χ2v) is 3.24. The van der Waals surface area contributed by atoms with E-state index >= 15 is 0 Å². The van der Waals surface area contributed by atoms with Crippen molar-refractivity contribution in [3.05, 3.63) is 11.6 Å².